The number of hydrogen-bond acceptors (Lipinski definition) is 5. The highest BCUT2D eigenvalue weighted by atomic mass is 19.2. The summed E-state index contributed by atoms with van der Waals surface area (Å²) in [5, 5.41) is 39.7. The first-order valence-electron chi connectivity index (χ1n) is 10.6. The lowest BCUT2D eigenvalue weighted by molar-refractivity contribution is 0.0168. The summed E-state index contributed by atoms with van der Waals surface area (Å²) in [5.74, 6) is -5.00. The Bertz CT molecular complexity index is 1160. The molecule has 2 aliphatic carbocycles. The van der Waals surface area contributed by atoms with E-state index in [1.54, 1.807) is 0 Å². The second-order valence-corrected chi connectivity index (χ2v) is 8.24. The molecular weight excluding hydrogens is 468 g/mol. The third-order valence-corrected chi connectivity index (χ3v) is 6.11. The predicted octanol–water partition coefficient (Wildman–Crippen LogP) is 5.07. The fourth-order valence-corrected chi connectivity index (χ4v) is 4.24. The summed E-state index contributed by atoms with van der Waals surface area (Å²) in [6.07, 6.45) is -0.241. The van der Waals surface area contributed by atoms with Crippen molar-refractivity contribution in [2.24, 2.45) is 0 Å². The summed E-state index contributed by atoms with van der Waals surface area (Å²) < 4.78 is 66.3. The Labute approximate surface area is 198 Å². The van der Waals surface area contributed by atoms with E-state index in [4.69, 9.17) is 4.74 Å². The zero-order valence-electron chi connectivity index (χ0n) is 18.2. The minimum absolute atomic E-state index is 0.143. The molecule has 5 nitrogen and oxygen atoms in total. The Morgan fingerprint density at radius 3 is 1.46 bits per heavy atom. The van der Waals surface area contributed by atoms with Gasteiger partial charge >= 0.3 is 0 Å². The van der Waals surface area contributed by atoms with Crippen LogP contribution in [-0.2, 0) is 29.3 Å². The molecule has 4 N–H and O–H groups in total. The first kappa shape index (κ1) is 24.7. The number of hydrogen-bond donors (Lipinski definition) is 4. The summed E-state index contributed by atoms with van der Waals surface area (Å²) in [5.41, 5.74) is -6.37. The van der Waals surface area contributed by atoms with Gasteiger partial charge in [-0.15, -0.1) is 0 Å². The molecule has 2 aromatic carbocycles. The maximum atomic E-state index is 15.7. The summed E-state index contributed by atoms with van der Waals surface area (Å²) in [4.78, 5) is 0. The highest BCUT2D eigenvalue weighted by Crippen LogP contribution is 2.45. The van der Waals surface area contributed by atoms with Crippen LogP contribution in [-0.4, -0.2) is 32.6 Å². The highest BCUT2D eigenvalue weighted by Gasteiger charge is 2.49. The van der Waals surface area contributed by atoms with Crippen LogP contribution >= 0.6 is 0 Å². The maximum Gasteiger partial charge on any atom is 0.220 e. The van der Waals surface area contributed by atoms with E-state index in [1.165, 1.54) is 48.5 Å². The first-order valence-corrected chi connectivity index (χ1v) is 10.6. The molecule has 0 spiro atoms. The van der Waals surface area contributed by atoms with Crippen molar-refractivity contribution < 1.29 is 42.7 Å². The van der Waals surface area contributed by atoms with Gasteiger partial charge in [0.05, 0.1) is 13.2 Å². The van der Waals surface area contributed by atoms with Crippen LogP contribution in [0.4, 0.5) is 17.6 Å². The molecule has 0 saturated heterocycles. The molecule has 0 fully saturated rings. The van der Waals surface area contributed by atoms with Crippen LogP contribution in [0.2, 0.25) is 0 Å². The van der Waals surface area contributed by atoms with Crippen molar-refractivity contribution in [1.82, 2.24) is 0 Å². The lowest BCUT2D eigenvalue weighted by Crippen LogP contribution is -2.38. The van der Waals surface area contributed by atoms with Crippen LogP contribution in [0.1, 0.15) is 22.3 Å². The van der Waals surface area contributed by atoms with Gasteiger partial charge in [-0.2, -0.15) is 0 Å². The Morgan fingerprint density at radius 2 is 1.06 bits per heavy atom. The molecule has 9 heteroatoms. The lowest BCUT2D eigenvalue weighted by Gasteiger charge is -2.32. The van der Waals surface area contributed by atoms with Crippen molar-refractivity contribution in [3.05, 3.63) is 118 Å². The van der Waals surface area contributed by atoms with E-state index in [2.05, 4.69) is 0 Å². The van der Waals surface area contributed by atoms with E-state index in [0.29, 0.717) is 0 Å². The monoisotopic (exact) mass is 490 g/mol. The molecule has 2 aliphatic rings. The van der Waals surface area contributed by atoms with Gasteiger partial charge in [-0.05, 0) is 35.4 Å². The number of alkyl halides is 2. The predicted molar refractivity (Wildman–Crippen MR) is 119 cm³/mol. The quantitative estimate of drug-likeness (QED) is 0.425. The van der Waals surface area contributed by atoms with Crippen molar-refractivity contribution >= 4 is 0 Å². The normalized spacial score (nSPS) is 28.6. The molecule has 0 saturated carbocycles. The zero-order valence-corrected chi connectivity index (χ0v) is 18.2. The number of halogens is 4. The summed E-state index contributed by atoms with van der Waals surface area (Å²) in [6, 6.07) is 11.3. The Morgan fingerprint density at radius 1 is 0.686 bits per heavy atom. The molecule has 0 heterocycles. The first-order chi connectivity index (χ1) is 16.6. The fraction of sp³-hybridized carbons (Fsp3) is 0.231. The van der Waals surface area contributed by atoms with Gasteiger partial charge in [0, 0.05) is 11.1 Å². The van der Waals surface area contributed by atoms with Gasteiger partial charge in [0.2, 0.25) is 11.3 Å². The molecule has 184 valence electrons. The molecule has 0 radical (unpaired) electrons. The fourth-order valence-electron chi connectivity index (χ4n) is 4.24. The molecule has 4 unspecified atom stereocenters. The third kappa shape index (κ3) is 4.05. The molecule has 4 rings (SSSR count). The average Bonchev–Trinajstić information content (AvgIpc) is 2.87. The van der Waals surface area contributed by atoms with Crippen LogP contribution in [0.5, 0.6) is 0 Å². The number of aliphatic hydroxyl groups is 4. The summed E-state index contributed by atoms with van der Waals surface area (Å²) in [7, 11) is 0. The minimum Gasteiger partial charge on any atom is -0.505 e. The molecule has 0 aliphatic heterocycles. The second kappa shape index (κ2) is 9.33. The topological polar surface area (TPSA) is 90.2 Å². The van der Waals surface area contributed by atoms with Crippen LogP contribution < -0.4 is 0 Å². The summed E-state index contributed by atoms with van der Waals surface area (Å²) in [6.45, 7) is -0.627. The summed E-state index contributed by atoms with van der Waals surface area (Å²) >= 11 is 0. The zero-order chi connectivity index (χ0) is 25.4. The van der Waals surface area contributed by atoms with Crippen molar-refractivity contribution in [2.45, 2.75) is 36.8 Å². The number of benzene rings is 2. The molecule has 35 heavy (non-hydrogen) atoms. The van der Waals surface area contributed by atoms with E-state index in [1.807, 2.05) is 0 Å². The van der Waals surface area contributed by atoms with E-state index in [-0.39, 0.29) is 35.5 Å². The van der Waals surface area contributed by atoms with E-state index in [0.717, 1.165) is 24.3 Å². The number of allylic oxidation sites excluding steroid dienone is 2. The second-order valence-electron chi connectivity index (χ2n) is 8.24. The van der Waals surface area contributed by atoms with Gasteiger partial charge in [-0.3, -0.25) is 0 Å². The van der Waals surface area contributed by atoms with Gasteiger partial charge in [0.1, 0.15) is 12.2 Å². The molecule has 0 amide bonds. The smallest absolute Gasteiger partial charge is 0.220 e. The lowest BCUT2D eigenvalue weighted by atomic mass is 9.82. The molecule has 0 aromatic heterocycles. The largest absolute Gasteiger partial charge is 0.505 e. The van der Waals surface area contributed by atoms with Crippen LogP contribution in [0.15, 0.2) is 96.0 Å². The molecule has 0 bridgehead atoms. The van der Waals surface area contributed by atoms with Gasteiger partial charge in [0.15, 0.2) is 23.2 Å². The Hall–Kier alpha value is -3.40. The van der Waals surface area contributed by atoms with E-state index < -0.39 is 46.7 Å². The van der Waals surface area contributed by atoms with Crippen molar-refractivity contribution in [3.63, 3.8) is 0 Å². The third-order valence-electron chi connectivity index (χ3n) is 6.11. The number of ether oxygens (including phenoxy) is 1. The standard InChI is InChI=1S/C26H22F4O5/c27-23-19(31)9-11-21(33)25(23,29)17-7-3-1-5-15(17)13-35-14-16-6-2-4-8-18(16)26(30)22(34)12-10-20(32)24(26)28/h1-12,21-22,31-34H,13-14H2. The molecular formula is C26H22F4O5. The van der Waals surface area contributed by atoms with E-state index in [9.17, 15) is 29.2 Å². The number of rotatable bonds is 6. The molecule has 2 aromatic rings. The van der Waals surface area contributed by atoms with Crippen LogP contribution in [0.25, 0.3) is 0 Å². The Kier molecular flexibility index (Phi) is 6.59. The van der Waals surface area contributed by atoms with Crippen LogP contribution in [0, 0.1) is 0 Å². The van der Waals surface area contributed by atoms with Gasteiger partial charge in [-0.25, -0.2) is 17.6 Å². The van der Waals surface area contributed by atoms with Crippen LogP contribution in [0.3, 0.4) is 0 Å². The van der Waals surface area contributed by atoms with Gasteiger partial charge < -0.3 is 25.2 Å². The highest BCUT2D eigenvalue weighted by molar-refractivity contribution is 5.46. The average molecular weight is 490 g/mol. The molecule has 4 atom stereocenters. The van der Waals surface area contributed by atoms with Crippen molar-refractivity contribution in [1.29, 1.82) is 0 Å². The number of aliphatic hydroxyl groups excluding tert-OH is 4. The van der Waals surface area contributed by atoms with E-state index >= 15 is 8.78 Å². The SMILES string of the molecule is OC1=C(F)C(F)(c2ccccc2COCc2ccccc2C2(F)C(F)=C(O)C=CC2O)C(O)C=C1. The van der Waals surface area contributed by atoms with Crippen molar-refractivity contribution in [3.8, 4) is 0 Å². The maximum absolute atomic E-state index is 15.7. The van der Waals surface area contributed by atoms with Gasteiger partial charge in [-0.1, -0.05) is 48.5 Å². The van der Waals surface area contributed by atoms with Crippen molar-refractivity contribution in [2.75, 3.05) is 0 Å². The minimum atomic E-state index is -3.05. The Balaban J connectivity index is 1.61. The van der Waals surface area contributed by atoms with Gasteiger partial charge in [0.25, 0.3) is 0 Å².